The number of halogens is 1. The molecule has 3 nitrogen and oxygen atoms in total. The predicted molar refractivity (Wildman–Crippen MR) is 67.9 cm³/mol. The molecule has 0 aromatic carbocycles. The predicted octanol–water partition coefficient (Wildman–Crippen LogP) is 2.86. The van der Waals surface area contributed by atoms with Crippen molar-refractivity contribution < 1.29 is 0 Å². The van der Waals surface area contributed by atoms with E-state index >= 15 is 0 Å². The number of aryl methyl sites for hydroxylation is 2. The van der Waals surface area contributed by atoms with Crippen molar-refractivity contribution in [3.05, 3.63) is 39.6 Å². The lowest BCUT2D eigenvalue weighted by molar-refractivity contribution is 0.627. The summed E-state index contributed by atoms with van der Waals surface area (Å²) in [6.45, 7) is 2.86. The van der Waals surface area contributed by atoms with Gasteiger partial charge in [0.2, 0.25) is 0 Å². The maximum absolute atomic E-state index is 5.88. The zero-order valence-corrected chi connectivity index (χ0v) is 10.6. The van der Waals surface area contributed by atoms with Crippen molar-refractivity contribution in [2.24, 2.45) is 5.73 Å². The lowest BCUT2D eigenvalue weighted by Crippen LogP contribution is -2.12. The summed E-state index contributed by atoms with van der Waals surface area (Å²) in [5, 5.41) is 0. The molecule has 16 heavy (non-hydrogen) atoms. The average Bonchev–Trinajstić information content (AvgIpc) is 2.83. The van der Waals surface area contributed by atoms with Crippen LogP contribution in [0.15, 0.2) is 24.7 Å². The van der Waals surface area contributed by atoms with Crippen molar-refractivity contribution in [3.63, 3.8) is 0 Å². The Kier molecular flexibility index (Phi) is 3.63. The molecule has 0 saturated heterocycles. The van der Waals surface area contributed by atoms with Gasteiger partial charge in [0.05, 0.1) is 16.4 Å². The van der Waals surface area contributed by atoms with E-state index < -0.39 is 0 Å². The number of nitrogens with zero attached hydrogens (tertiary/aromatic N) is 2. The number of hydrogen-bond acceptors (Lipinski definition) is 3. The van der Waals surface area contributed by atoms with Gasteiger partial charge >= 0.3 is 0 Å². The summed E-state index contributed by atoms with van der Waals surface area (Å²) in [7, 11) is 0. The van der Waals surface area contributed by atoms with Crippen molar-refractivity contribution in [2.75, 3.05) is 0 Å². The van der Waals surface area contributed by atoms with Crippen LogP contribution in [-0.2, 0) is 13.0 Å². The second-order valence-electron chi connectivity index (χ2n) is 3.76. The van der Waals surface area contributed by atoms with Gasteiger partial charge in [0.25, 0.3) is 0 Å². The second kappa shape index (κ2) is 4.99. The van der Waals surface area contributed by atoms with Crippen LogP contribution in [0.4, 0.5) is 0 Å². The molecule has 0 bridgehead atoms. The number of rotatable bonds is 4. The number of hydrogen-bond donors (Lipinski definition) is 1. The molecule has 0 spiro atoms. The van der Waals surface area contributed by atoms with Crippen molar-refractivity contribution in [2.45, 2.75) is 25.9 Å². The second-order valence-corrected chi connectivity index (χ2v) is 5.56. The molecule has 0 unspecified atom stereocenters. The van der Waals surface area contributed by atoms with Crippen LogP contribution in [0.3, 0.4) is 0 Å². The lowest BCUT2D eigenvalue weighted by Gasteiger charge is -2.09. The van der Waals surface area contributed by atoms with Crippen LogP contribution < -0.4 is 5.73 Å². The van der Waals surface area contributed by atoms with Gasteiger partial charge in [-0.2, -0.15) is 0 Å². The molecule has 0 amide bonds. The number of thiophene rings is 1. The Labute approximate surface area is 104 Å². The van der Waals surface area contributed by atoms with Gasteiger partial charge in [0.1, 0.15) is 0 Å². The molecule has 2 aromatic rings. The first-order valence-electron chi connectivity index (χ1n) is 5.16. The van der Waals surface area contributed by atoms with Crippen LogP contribution >= 0.6 is 22.9 Å². The molecule has 0 aliphatic carbocycles. The van der Waals surface area contributed by atoms with E-state index in [1.165, 1.54) is 4.88 Å². The highest BCUT2D eigenvalue weighted by atomic mass is 35.5. The number of nitrogens with two attached hydrogens (primary N) is 1. The molecule has 0 saturated carbocycles. The van der Waals surface area contributed by atoms with Crippen LogP contribution in [0.1, 0.15) is 23.5 Å². The standard InChI is InChI=1S/C11H14ClN3S/c1-8(13)10-6-14-7-15(10)5-4-9-2-3-11(12)16-9/h2-3,6-8H,4-5,13H2,1H3/t8-/m0/s1. The van der Waals surface area contributed by atoms with Gasteiger partial charge in [-0.05, 0) is 25.5 Å². The molecular weight excluding hydrogens is 242 g/mol. The summed E-state index contributed by atoms with van der Waals surface area (Å²) >= 11 is 7.51. The molecule has 2 heterocycles. The molecule has 0 fully saturated rings. The van der Waals surface area contributed by atoms with Crippen molar-refractivity contribution in [1.29, 1.82) is 0 Å². The smallest absolute Gasteiger partial charge is 0.0948 e. The van der Waals surface area contributed by atoms with E-state index in [1.54, 1.807) is 11.3 Å². The molecule has 2 N–H and O–H groups in total. The molecule has 0 aliphatic rings. The molecule has 0 aliphatic heterocycles. The molecular formula is C11H14ClN3S. The van der Waals surface area contributed by atoms with E-state index in [0.717, 1.165) is 23.0 Å². The Morgan fingerprint density at radius 3 is 3.00 bits per heavy atom. The highest BCUT2D eigenvalue weighted by molar-refractivity contribution is 7.16. The minimum Gasteiger partial charge on any atom is -0.333 e. The Hall–Kier alpha value is -0.840. The van der Waals surface area contributed by atoms with Gasteiger partial charge in [0, 0.05) is 23.7 Å². The molecule has 0 radical (unpaired) electrons. The summed E-state index contributed by atoms with van der Waals surface area (Å²) in [6.07, 6.45) is 4.62. The largest absolute Gasteiger partial charge is 0.333 e. The first kappa shape index (κ1) is 11.6. The zero-order chi connectivity index (χ0) is 11.5. The van der Waals surface area contributed by atoms with Gasteiger partial charge < -0.3 is 10.3 Å². The molecule has 2 aromatic heterocycles. The minimum absolute atomic E-state index is 0.0226. The van der Waals surface area contributed by atoms with Gasteiger partial charge in [-0.3, -0.25) is 0 Å². The van der Waals surface area contributed by atoms with Crippen LogP contribution in [0.25, 0.3) is 0 Å². The summed E-state index contributed by atoms with van der Waals surface area (Å²) in [4.78, 5) is 5.41. The fourth-order valence-corrected chi connectivity index (χ4v) is 2.69. The molecule has 5 heteroatoms. The summed E-state index contributed by atoms with van der Waals surface area (Å²) in [5.74, 6) is 0. The maximum atomic E-state index is 5.88. The van der Waals surface area contributed by atoms with E-state index in [4.69, 9.17) is 17.3 Å². The molecule has 86 valence electrons. The summed E-state index contributed by atoms with van der Waals surface area (Å²) < 4.78 is 2.94. The summed E-state index contributed by atoms with van der Waals surface area (Å²) in [6, 6.07) is 4.02. The monoisotopic (exact) mass is 255 g/mol. The van der Waals surface area contributed by atoms with Gasteiger partial charge in [0.15, 0.2) is 0 Å². The van der Waals surface area contributed by atoms with Gasteiger partial charge in [-0.1, -0.05) is 11.6 Å². The highest BCUT2D eigenvalue weighted by Gasteiger charge is 2.06. The number of aromatic nitrogens is 2. The topological polar surface area (TPSA) is 43.8 Å². The van der Waals surface area contributed by atoms with E-state index in [-0.39, 0.29) is 6.04 Å². The van der Waals surface area contributed by atoms with Crippen LogP contribution in [-0.4, -0.2) is 9.55 Å². The Balaban J connectivity index is 2.02. The lowest BCUT2D eigenvalue weighted by atomic mass is 10.2. The SMILES string of the molecule is C[C@H](N)c1cncn1CCc1ccc(Cl)s1. The first-order chi connectivity index (χ1) is 7.66. The van der Waals surface area contributed by atoms with E-state index in [9.17, 15) is 0 Å². The van der Waals surface area contributed by atoms with Crippen molar-refractivity contribution in [1.82, 2.24) is 9.55 Å². The first-order valence-corrected chi connectivity index (χ1v) is 6.36. The third-order valence-corrected chi connectivity index (χ3v) is 3.73. The Bertz CT molecular complexity index is 461. The summed E-state index contributed by atoms with van der Waals surface area (Å²) in [5.41, 5.74) is 6.92. The van der Waals surface area contributed by atoms with Crippen molar-refractivity contribution >= 4 is 22.9 Å². The van der Waals surface area contributed by atoms with Gasteiger partial charge in [-0.15, -0.1) is 11.3 Å². The maximum Gasteiger partial charge on any atom is 0.0948 e. The van der Waals surface area contributed by atoms with Crippen molar-refractivity contribution in [3.8, 4) is 0 Å². The third-order valence-electron chi connectivity index (χ3n) is 2.44. The third kappa shape index (κ3) is 2.64. The van der Waals surface area contributed by atoms with Crippen LogP contribution in [0.5, 0.6) is 0 Å². The zero-order valence-electron chi connectivity index (χ0n) is 9.06. The Morgan fingerprint density at radius 2 is 2.38 bits per heavy atom. The highest BCUT2D eigenvalue weighted by Crippen LogP contribution is 2.22. The normalized spacial score (nSPS) is 12.9. The van der Waals surface area contributed by atoms with Crippen LogP contribution in [0.2, 0.25) is 4.34 Å². The quantitative estimate of drug-likeness (QED) is 0.913. The van der Waals surface area contributed by atoms with E-state index in [1.807, 2.05) is 25.5 Å². The fourth-order valence-electron chi connectivity index (χ4n) is 1.61. The van der Waals surface area contributed by atoms with Crippen LogP contribution in [0, 0.1) is 0 Å². The number of imidazole rings is 1. The Morgan fingerprint density at radius 1 is 1.56 bits per heavy atom. The molecule has 2 rings (SSSR count). The van der Waals surface area contributed by atoms with Gasteiger partial charge in [-0.25, -0.2) is 4.98 Å². The molecule has 1 atom stereocenters. The van der Waals surface area contributed by atoms with E-state index in [2.05, 4.69) is 15.6 Å². The average molecular weight is 256 g/mol. The minimum atomic E-state index is 0.0226. The fraction of sp³-hybridized carbons (Fsp3) is 0.364. The van der Waals surface area contributed by atoms with E-state index in [0.29, 0.717) is 0 Å².